The lowest BCUT2D eigenvalue weighted by Crippen LogP contribution is -2.33. The summed E-state index contributed by atoms with van der Waals surface area (Å²) in [4.78, 5) is 26.7. The second-order valence-electron chi connectivity index (χ2n) is 7.85. The number of carbonyl (C=O) groups is 2. The molecule has 1 unspecified atom stereocenters. The smallest absolute Gasteiger partial charge is 0.251 e. The van der Waals surface area contributed by atoms with Crippen molar-refractivity contribution in [3.63, 3.8) is 0 Å². The highest BCUT2D eigenvalue weighted by molar-refractivity contribution is 5.94. The first-order valence-corrected chi connectivity index (χ1v) is 9.50. The number of nitrogens with one attached hydrogen (secondary N) is 3. The zero-order valence-electron chi connectivity index (χ0n) is 15.8. The summed E-state index contributed by atoms with van der Waals surface area (Å²) in [5.41, 5.74) is 1.85. The summed E-state index contributed by atoms with van der Waals surface area (Å²) in [7, 11) is 3.95. The van der Waals surface area contributed by atoms with E-state index in [1.54, 1.807) is 6.07 Å². The van der Waals surface area contributed by atoms with Gasteiger partial charge in [0, 0.05) is 31.1 Å². The van der Waals surface area contributed by atoms with Crippen molar-refractivity contribution < 1.29 is 9.59 Å². The number of piperidine rings is 1. The third-order valence-electron chi connectivity index (χ3n) is 5.61. The molecule has 1 aromatic carbocycles. The van der Waals surface area contributed by atoms with Gasteiger partial charge in [-0.05, 0) is 69.6 Å². The van der Waals surface area contributed by atoms with Crippen LogP contribution in [0.25, 0.3) is 0 Å². The molecule has 1 aromatic rings. The second-order valence-corrected chi connectivity index (χ2v) is 7.85. The van der Waals surface area contributed by atoms with Crippen molar-refractivity contribution in [2.24, 2.45) is 11.3 Å². The fraction of sp³-hybridized carbons (Fsp3) is 0.600. The van der Waals surface area contributed by atoms with E-state index in [1.807, 2.05) is 37.2 Å². The average Bonchev–Trinajstić information content (AvgIpc) is 3.33. The Hall–Kier alpha value is -1.92. The average molecular weight is 358 g/mol. The summed E-state index contributed by atoms with van der Waals surface area (Å²) in [6, 6.07) is 7.48. The van der Waals surface area contributed by atoms with E-state index in [9.17, 15) is 9.59 Å². The molecule has 26 heavy (non-hydrogen) atoms. The van der Waals surface area contributed by atoms with Crippen LogP contribution in [0.4, 0.5) is 0 Å². The third-order valence-corrected chi connectivity index (χ3v) is 5.61. The second kappa shape index (κ2) is 8.18. The molecule has 2 fully saturated rings. The monoisotopic (exact) mass is 358 g/mol. The van der Waals surface area contributed by atoms with Crippen molar-refractivity contribution in [3.05, 3.63) is 35.4 Å². The molecule has 6 heteroatoms. The maximum Gasteiger partial charge on any atom is 0.251 e. The van der Waals surface area contributed by atoms with Crippen molar-refractivity contribution in [1.82, 2.24) is 20.9 Å². The van der Waals surface area contributed by atoms with Gasteiger partial charge in [0.2, 0.25) is 5.91 Å². The van der Waals surface area contributed by atoms with Crippen LogP contribution in [-0.2, 0) is 11.3 Å². The molecular weight excluding hydrogens is 328 g/mol. The highest BCUT2D eigenvalue weighted by Gasteiger charge is 2.57. The van der Waals surface area contributed by atoms with Crippen LogP contribution >= 0.6 is 0 Å². The molecule has 1 aliphatic carbocycles. The van der Waals surface area contributed by atoms with E-state index in [4.69, 9.17) is 0 Å². The molecule has 6 nitrogen and oxygen atoms in total. The van der Waals surface area contributed by atoms with Crippen molar-refractivity contribution in [1.29, 1.82) is 0 Å². The molecular formula is C20H30N4O2. The lowest BCUT2D eigenvalue weighted by atomic mass is 9.92. The molecule has 1 saturated heterocycles. The van der Waals surface area contributed by atoms with E-state index in [0.29, 0.717) is 18.7 Å². The number of carbonyl (C=O) groups excluding carboxylic acids is 2. The molecule has 0 radical (unpaired) electrons. The lowest BCUT2D eigenvalue weighted by molar-refractivity contribution is -0.123. The minimum absolute atomic E-state index is 0.0733. The molecule has 1 spiro atoms. The minimum Gasteiger partial charge on any atom is -0.352 e. The standard InChI is InChI=1S/C20H30N4O2/c1-24(2)11-10-22-18(25)16-5-3-4-15(12-16)14-23-19(26)17-13-20(17)6-8-21-9-7-20/h3-5,12,17,21H,6-11,13-14H2,1-2H3,(H,22,25)(H,23,26). The summed E-state index contributed by atoms with van der Waals surface area (Å²) in [6.45, 7) is 3.94. The van der Waals surface area contributed by atoms with Gasteiger partial charge in [-0.25, -0.2) is 0 Å². The topological polar surface area (TPSA) is 73.5 Å². The lowest BCUT2D eigenvalue weighted by Gasteiger charge is -2.23. The van der Waals surface area contributed by atoms with Crippen molar-refractivity contribution >= 4 is 11.8 Å². The Labute approximate surface area is 155 Å². The van der Waals surface area contributed by atoms with E-state index in [0.717, 1.165) is 44.5 Å². The third kappa shape index (κ3) is 4.62. The van der Waals surface area contributed by atoms with Crippen molar-refractivity contribution in [3.8, 4) is 0 Å². The van der Waals surface area contributed by atoms with Crippen LogP contribution in [0, 0.1) is 11.3 Å². The molecule has 2 amide bonds. The van der Waals surface area contributed by atoms with E-state index < -0.39 is 0 Å². The van der Waals surface area contributed by atoms with Crippen LogP contribution in [-0.4, -0.2) is 57.0 Å². The van der Waals surface area contributed by atoms with Crippen LogP contribution in [0.2, 0.25) is 0 Å². The summed E-state index contributed by atoms with van der Waals surface area (Å²) in [5, 5.41) is 9.34. The largest absolute Gasteiger partial charge is 0.352 e. The number of benzene rings is 1. The van der Waals surface area contributed by atoms with E-state index in [2.05, 4.69) is 16.0 Å². The first-order valence-electron chi connectivity index (χ1n) is 9.50. The fourth-order valence-electron chi connectivity index (χ4n) is 3.83. The first kappa shape index (κ1) is 18.9. The number of rotatable bonds is 7. The Morgan fingerprint density at radius 3 is 2.73 bits per heavy atom. The van der Waals surface area contributed by atoms with Crippen molar-refractivity contribution in [2.45, 2.75) is 25.8 Å². The van der Waals surface area contributed by atoms with Gasteiger partial charge in [-0.15, -0.1) is 0 Å². The molecule has 1 heterocycles. The van der Waals surface area contributed by atoms with Gasteiger partial charge >= 0.3 is 0 Å². The van der Waals surface area contributed by atoms with Crippen molar-refractivity contribution in [2.75, 3.05) is 40.3 Å². The molecule has 3 rings (SSSR count). The predicted octanol–water partition coefficient (Wildman–Crippen LogP) is 0.984. The van der Waals surface area contributed by atoms with Gasteiger partial charge in [0.15, 0.2) is 0 Å². The van der Waals surface area contributed by atoms with Crippen LogP contribution in [0.1, 0.15) is 35.2 Å². The fourth-order valence-corrected chi connectivity index (χ4v) is 3.83. The van der Waals surface area contributed by atoms with Gasteiger partial charge in [0.05, 0.1) is 0 Å². The Bertz CT molecular complexity index is 653. The first-order chi connectivity index (χ1) is 12.5. The Morgan fingerprint density at radius 2 is 2.00 bits per heavy atom. The van der Waals surface area contributed by atoms with E-state index >= 15 is 0 Å². The number of amides is 2. The number of hydrogen-bond acceptors (Lipinski definition) is 4. The van der Waals surface area contributed by atoms with Gasteiger partial charge in [-0.3, -0.25) is 9.59 Å². The molecule has 1 atom stereocenters. The number of hydrogen-bond donors (Lipinski definition) is 3. The zero-order valence-corrected chi connectivity index (χ0v) is 15.8. The SMILES string of the molecule is CN(C)CCNC(=O)c1cccc(CNC(=O)C2CC23CCNCC3)c1. The van der Waals surface area contributed by atoms with Crippen LogP contribution in [0.5, 0.6) is 0 Å². The summed E-state index contributed by atoms with van der Waals surface area (Å²) in [6.07, 6.45) is 3.23. The van der Waals surface area contributed by atoms with Gasteiger partial charge < -0.3 is 20.9 Å². The van der Waals surface area contributed by atoms with Gasteiger partial charge in [0.25, 0.3) is 5.91 Å². The molecule has 0 aromatic heterocycles. The van der Waals surface area contributed by atoms with E-state index in [-0.39, 0.29) is 23.1 Å². The van der Waals surface area contributed by atoms with Gasteiger partial charge in [-0.2, -0.15) is 0 Å². The Balaban J connectivity index is 1.48. The van der Waals surface area contributed by atoms with Crippen LogP contribution < -0.4 is 16.0 Å². The number of nitrogens with zero attached hydrogens (tertiary/aromatic N) is 1. The molecule has 3 N–H and O–H groups in total. The Morgan fingerprint density at radius 1 is 1.23 bits per heavy atom. The highest BCUT2D eigenvalue weighted by atomic mass is 16.2. The molecule has 142 valence electrons. The number of likely N-dealkylation sites (N-methyl/N-ethyl adjacent to an activating group) is 1. The highest BCUT2D eigenvalue weighted by Crippen LogP contribution is 2.58. The maximum atomic E-state index is 12.5. The maximum absolute atomic E-state index is 12.5. The van der Waals surface area contributed by atoms with Gasteiger partial charge in [-0.1, -0.05) is 12.1 Å². The van der Waals surface area contributed by atoms with Crippen LogP contribution in [0.3, 0.4) is 0 Å². The molecule has 1 aliphatic heterocycles. The minimum atomic E-state index is -0.0733. The zero-order chi connectivity index (χ0) is 18.6. The van der Waals surface area contributed by atoms with E-state index in [1.165, 1.54) is 0 Å². The van der Waals surface area contributed by atoms with Crippen LogP contribution in [0.15, 0.2) is 24.3 Å². The summed E-state index contributed by atoms with van der Waals surface area (Å²) >= 11 is 0. The normalized spacial score (nSPS) is 20.8. The predicted molar refractivity (Wildman–Crippen MR) is 102 cm³/mol. The molecule has 2 aliphatic rings. The summed E-state index contributed by atoms with van der Waals surface area (Å²) in [5.74, 6) is 0.255. The quantitative estimate of drug-likeness (QED) is 0.679. The molecule has 1 saturated carbocycles. The molecule has 0 bridgehead atoms. The summed E-state index contributed by atoms with van der Waals surface area (Å²) < 4.78 is 0. The Kier molecular flexibility index (Phi) is 5.94. The van der Waals surface area contributed by atoms with Gasteiger partial charge in [0.1, 0.15) is 0 Å².